The van der Waals surface area contributed by atoms with E-state index in [1.165, 1.54) is 5.56 Å². The second kappa shape index (κ2) is 9.86. The van der Waals surface area contributed by atoms with Crippen LogP contribution in [-0.2, 0) is 10.2 Å². The molecule has 1 aromatic rings. The van der Waals surface area contributed by atoms with Gasteiger partial charge in [-0.15, -0.1) is 12.4 Å². The van der Waals surface area contributed by atoms with Gasteiger partial charge in [0.25, 0.3) is 0 Å². The van der Waals surface area contributed by atoms with E-state index >= 15 is 0 Å². The third kappa shape index (κ3) is 6.80. The number of hydrogen-bond donors (Lipinski definition) is 0. The molecule has 0 radical (unpaired) electrons. The van der Waals surface area contributed by atoms with Crippen molar-refractivity contribution in [3.63, 3.8) is 0 Å². The molecule has 0 aromatic heterocycles. The summed E-state index contributed by atoms with van der Waals surface area (Å²) in [6.45, 7) is 14.3. The van der Waals surface area contributed by atoms with E-state index in [0.29, 0.717) is 12.2 Å². The van der Waals surface area contributed by atoms with Crippen molar-refractivity contribution in [1.29, 1.82) is 0 Å². The van der Waals surface area contributed by atoms with Crippen LogP contribution >= 0.6 is 12.4 Å². The number of halogens is 1. The minimum atomic E-state index is -0.227. The number of benzene rings is 1. The lowest BCUT2D eigenvalue weighted by molar-refractivity contribution is 0.0489. The molecular formula is C18H30ClNO2. The van der Waals surface area contributed by atoms with Crippen LogP contribution in [0.3, 0.4) is 0 Å². The van der Waals surface area contributed by atoms with Crippen molar-refractivity contribution in [3.8, 4) is 0 Å². The monoisotopic (exact) mass is 327 g/mol. The molecule has 0 unspecified atom stereocenters. The normalized spacial score (nSPS) is 11.2. The van der Waals surface area contributed by atoms with Gasteiger partial charge in [-0.3, -0.25) is 0 Å². The van der Waals surface area contributed by atoms with E-state index in [-0.39, 0.29) is 23.8 Å². The van der Waals surface area contributed by atoms with Gasteiger partial charge in [-0.25, -0.2) is 4.79 Å². The van der Waals surface area contributed by atoms with E-state index in [4.69, 9.17) is 4.74 Å². The molecule has 1 rings (SSSR count). The fraction of sp³-hybridized carbons (Fsp3) is 0.611. The molecule has 0 aliphatic rings. The molecule has 1 aromatic carbocycles. The maximum atomic E-state index is 12.0. The van der Waals surface area contributed by atoms with Gasteiger partial charge in [0.15, 0.2) is 0 Å². The van der Waals surface area contributed by atoms with E-state index in [2.05, 4.69) is 39.5 Å². The maximum Gasteiger partial charge on any atom is 0.338 e. The molecule has 0 amide bonds. The summed E-state index contributed by atoms with van der Waals surface area (Å²) in [6.07, 6.45) is 0.882. The topological polar surface area (TPSA) is 29.5 Å². The van der Waals surface area contributed by atoms with Gasteiger partial charge >= 0.3 is 5.97 Å². The van der Waals surface area contributed by atoms with Crippen LogP contribution in [0.4, 0.5) is 0 Å². The lowest BCUT2D eigenvalue weighted by Crippen LogP contribution is -2.25. The maximum absolute atomic E-state index is 12.0. The van der Waals surface area contributed by atoms with Gasteiger partial charge in [0.2, 0.25) is 0 Å². The van der Waals surface area contributed by atoms with Crippen molar-refractivity contribution in [2.75, 3.05) is 26.2 Å². The molecule has 22 heavy (non-hydrogen) atoms. The molecule has 0 saturated carbocycles. The lowest BCUT2D eigenvalue weighted by Gasteiger charge is -2.19. The van der Waals surface area contributed by atoms with E-state index < -0.39 is 0 Å². The zero-order valence-corrected chi connectivity index (χ0v) is 15.3. The number of rotatable bonds is 7. The number of nitrogens with zero attached hydrogens (tertiary/aromatic N) is 1. The molecule has 126 valence electrons. The first-order valence-electron chi connectivity index (χ1n) is 7.88. The van der Waals surface area contributed by atoms with E-state index in [1.54, 1.807) is 0 Å². The summed E-state index contributed by atoms with van der Waals surface area (Å²) in [4.78, 5) is 14.3. The highest BCUT2D eigenvalue weighted by Gasteiger charge is 2.14. The smallest absolute Gasteiger partial charge is 0.338 e. The van der Waals surface area contributed by atoms with Crippen molar-refractivity contribution in [3.05, 3.63) is 35.4 Å². The summed E-state index contributed by atoms with van der Waals surface area (Å²) in [5.41, 5.74) is 1.96. The average molecular weight is 328 g/mol. The molecule has 4 heteroatoms. The van der Waals surface area contributed by atoms with Crippen LogP contribution < -0.4 is 0 Å². The summed E-state index contributed by atoms with van der Waals surface area (Å²) in [5, 5.41) is 0. The van der Waals surface area contributed by atoms with E-state index in [9.17, 15) is 4.79 Å². The Morgan fingerprint density at radius 2 is 1.64 bits per heavy atom. The number of esters is 1. The zero-order chi connectivity index (χ0) is 15.9. The van der Waals surface area contributed by atoms with Gasteiger partial charge in [-0.05, 0) is 42.6 Å². The Morgan fingerprint density at radius 1 is 1.09 bits per heavy atom. The third-order valence-corrected chi connectivity index (χ3v) is 3.73. The number of carbonyl (C=O) groups excluding carboxylic acids is 1. The van der Waals surface area contributed by atoms with Crippen molar-refractivity contribution >= 4 is 18.4 Å². The van der Waals surface area contributed by atoms with Gasteiger partial charge in [-0.1, -0.05) is 46.8 Å². The number of carbonyl (C=O) groups is 1. The van der Waals surface area contributed by atoms with Crippen molar-refractivity contribution in [1.82, 2.24) is 4.90 Å². The standard InChI is InChI=1S/C18H29NO2.ClH/c1-6-19(7-2)13-8-14-21-17(20)15-9-11-16(12-10-15)18(3,4)5;/h9-12H,6-8,13-14H2,1-5H3;1H. The summed E-state index contributed by atoms with van der Waals surface area (Å²) in [5.74, 6) is -0.227. The Balaban J connectivity index is 0.00000441. The SMILES string of the molecule is CCN(CC)CCCOC(=O)c1ccc(C(C)(C)C)cc1.Cl. The summed E-state index contributed by atoms with van der Waals surface area (Å²) >= 11 is 0. The minimum absolute atomic E-state index is 0. The molecule has 0 heterocycles. The first-order chi connectivity index (χ1) is 9.88. The van der Waals surface area contributed by atoms with Gasteiger partial charge in [-0.2, -0.15) is 0 Å². The quantitative estimate of drug-likeness (QED) is 0.552. The van der Waals surface area contributed by atoms with Crippen LogP contribution in [0, 0.1) is 0 Å². The van der Waals surface area contributed by atoms with Crippen molar-refractivity contribution in [2.45, 2.75) is 46.5 Å². The second-order valence-electron chi connectivity index (χ2n) is 6.34. The fourth-order valence-corrected chi connectivity index (χ4v) is 2.18. The van der Waals surface area contributed by atoms with Gasteiger partial charge in [0.1, 0.15) is 0 Å². The zero-order valence-electron chi connectivity index (χ0n) is 14.5. The molecule has 0 bridgehead atoms. The van der Waals surface area contributed by atoms with Crippen LogP contribution in [0.5, 0.6) is 0 Å². The molecule has 0 aliphatic heterocycles. The molecule has 0 saturated heterocycles. The second-order valence-corrected chi connectivity index (χ2v) is 6.34. The molecule has 3 nitrogen and oxygen atoms in total. The van der Waals surface area contributed by atoms with Crippen LogP contribution in [0.1, 0.15) is 57.0 Å². The number of ether oxygens (including phenoxy) is 1. The van der Waals surface area contributed by atoms with Crippen LogP contribution in [-0.4, -0.2) is 37.1 Å². The van der Waals surface area contributed by atoms with Crippen molar-refractivity contribution < 1.29 is 9.53 Å². The Labute approximate surface area is 141 Å². The highest BCUT2D eigenvalue weighted by molar-refractivity contribution is 5.89. The van der Waals surface area contributed by atoms with Crippen LogP contribution in [0.25, 0.3) is 0 Å². The predicted octanol–water partition coefficient (Wildman–Crippen LogP) is 4.29. The summed E-state index contributed by atoms with van der Waals surface area (Å²) in [7, 11) is 0. The first kappa shape index (κ1) is 20.9. The van der Waals surface area contributed by atoms with E-state index in [1.807, 2.05) is 24.3 Å². The van der Waals surface area contributed by atoms with Crippen LogP contribution in [0.15, 0.2) is 24.3 Å². The molecule has 0 aliphatic carbocycles. The van der Waals surface area contributed by atoms with E-state index in [0.717, 1.165) is 26.1 Å². The Morgan fingerprint density at radius 3 is 2.09 bits per heavy atom. The fourth-order valence-electron chi connectivity index (χ4n) is 2.18. The Bertz CT molecular complexity index is 433. The molecule has 0 spiro atoms. The van der Waals surface area contributed by atoms with Gasteiger partial charge in [0.05, 0.1) is 12.2 Å². The summed E-state index contributed by atoms with van der Waals surface area (Å²) < 4.78 is 5.33. The average Bonchev–Trinajstić information content (AvgIpc) is 2.46. The van der Waals surface area contributed by atoms with Crippen LogP contribution in [0.2, 0.25) is 0 Å². The minimum Gasteiger partial charge on any atom is -0.462 e. The predicted molar refractivity (Wildman–Crippen MR) is 95.1 cm³/mol. The Kier molecular flexibility index (Phi) is 9.38. The third-order valence-electron chi connectivity index (χ3n) is 3.73. The highest BCUT2D eigenvalue weighted by atomic mass is 35.5. The van der Waals surface area contributed by atoms with Gasteiger partial charge in [0, 0.05) is 6.54 Å². The van der Waals surface area contributed by atoms with Gasteiger partial charge < -0.3 is 9.64 Å². The molecule has 0 fully saturated rings. The largest absolute Gasteiger partial charge is 0.462 e. The molecular weight excluding hydrogens is 298 g/mol. The summed E-state index contributed by atoms with van der Waals surface area (Å²) in [6, 6.07) is 7.72. The van der Waals surface area contributed by atoms with Crippen molar-refractivity contribution in [2.24, 2.45) is 0 Å². The number of hydrogen-bond acceptors (Lipinski definition) is 3. The molecule has 0 N–H and O–H groups in total. The Hall–Kier alpha value is -1.06. The highest BCUT2D eigenvalue weighted by Crippen LogP contribution is 2.22. The lowest BCUT2D eigenvalue weighted by atomic mass is 9.87. The molecule has 0 atom stereocenters. The first-order valence-corrected chi connectivity index (χ1v) is 7.88.